The molecule has 2 aliphatic rings. The molecule has 4 rings (SSSR count). The van der Waals surface area contributed by atoms with Crippen molar-refractivity contribution in [1.29, 1.82) is 0 Å². The maximum Gasteiger partial charge on any atom is 0.405 e. The van der Waals surface area contributed by atoms with Crippen molar-refractivity contribution in [2.75, 3.05) is 26.3 Å². The van der Waals surface area contributed by atoms with Gasteiger partial charge in [0, 0.05) is 19.0 Å². The Kier molecular flexibility index (Phi) is 7.50. The number of fused-ring (bicyclic) bond motifs is 1. The van der Waals surface area contributed by atoms with Gasteiger partial charge in [-0.15, -0.1) is 0 Å². The smallest absolute Gasteiger partial charge is 0.405 e. The summed E-state index contributed by atoms with van der Waals surface area (Å²) in [6.07, 6.45) is 4.13. The minimum Gasteiger partial charge on any atom is -0.434 e. The summed E-state index contributed by atoms with van der Waals surface area (Å²) < 4.78 is 16.9. The van der Waals surface area contributed by atoms with Crippen LogP contribution in [0.15, 0.2) is 28.7 Å². The predicted octanol–water partition coefficient (Wildman–Crippen LogP) is 3.70. The van der Waals surface area contributed by atoms with E-state index in [4.69, 9.17) is 19.6 Å². The van der Waals surface area contributed by atoms with Gasteiger partial charge in [0.2, 0.25) is 5.91 Å². The fraction of sp³-hybridized carbons (Fsp3) is 0.600. The number of morpholine rings is 1. The zero-order chi connectivity index (χ0) is 24.1. The van der Waals surface area contributed by atoms with E-state index in [1.165, 1.54) is 0 Å². The lowest BCUT2D eigenvalue weighted by atomic mass is 9.67. The Hall–Kier alpha value is -2.94. The van der Waals surface area contributed by atoms with Gasteiger partial charge in [0.1, 0.15) is 5.52 Å². The molecule has 2 heterocycles. The van der Waals surface area contributed by atoms with E-state index in [-0.39, 0.29) is 24.1 Å². The Morgan fingerprint density at radius 3 is 2.53 bits per heavy atom. The first kappa shape index (κ1) is 24.2. The number of ketones is 1. The van der Waals surface area contributed by atoms with E-state index >= 15 is 0 Å². The molecule has 1 aromatic carbocycles. The van der Waals surface area contributed by atoms with Crippen molar-refractivity contribution in [3.8, 4) is 0 Å². The van der Waals surface area contributed by atoms with Crippen molar-refractivity contribution in [3.05, 3.63) is 30.2 Å². The summed E-state index contributed by atoms with van der Waals surface area (Å²) in [4.78, 5) is 45.8. The highest BCUT2D eigenvalue weighted by molar-refractivity contribution is 6.04. The Morgan fingerprint density at radius 2 is 1.88 bits per heavy atom. The minimum absolute atomic E-state index is 0.115. The second kappa shape index (κ2) is 10.5. The molecule has 1 unspecified atom stereocenters. The number of para-hydroxylation sites is 2. The zero-order valence-corrected chi connectivity index (χ0v) is 19.7. The van der Waals surface area contributed by atoms with E-state index in [9.17, 15) is 14.4 Å². The van der Waals surface area contributed by atoms with Crippen LogP contribution in [-0.2, 0) is 14.3 Å². The van der Waals surface area contributed by atoms with E-state index in [1.807, 2.05) is 6.92 Å². The molecule has 0 radical (unpaired) electrons. The summed E-state index contributed by atoms with van der Waals surface area (Å²) in [6.45, 7) is 3.64. The normalized spacial score (nSPS) is 20.0. The van der Waals surface area contributed by atoms with Crippen molar-refractivity contribution in [3.63, 3.8) is 0 Å². The van der Waals surface area contributed by atoms with Gasteiger partial charge in [0.05, 0.1) is 19.6 Å². The van der Waals surface area contributed by atoms with E-state index in [2.05, 4.69) is 4.98 Å². The summed E-state index contributed by atoms with van der Waals surface area (Å²) in [6, 6.07) is 7.04. The number of Topliss-reactive ketones (excluding diaryl/α,β-unsaturated/α-hetero) is 1. The molecule has 184 valence electrons. The van der Waals surface area contributed by atoms with Crippen LogP contribution in [0.2, 0.25) is 0 Å². The molecule has 1 aliphatic heterocycles. The van der Waals surface area contributed by atoms with Crippen LogP contribution < -0.4 is 5.73 Å². The summed E-state index contributed by atoms with van der Waals surface area (Å²) in [5.74, 6) is -1.34. The van der Waals surface area contributed by atoms with Gasteiger partial charge in [-0.05, 0) is 24.5 Å². The fourth-order valence-corrected chi connectivity index (χ4v) is 5.60. The maximum atomic E-state index is 14.1. The summed E-state index contributed by atoms with van der Waals surface area (Å²) >= 11 is 0. The molecule has 1 aromatic heterocycles. The van der Waals surface area contributed by atoms with Crippen molar-refractivity contribution in [2.45, 2.75) is 57.5 Å². The number of amides is 2. The van der Waals surface area contributed by atoms with Crippen LogP contribution >= 0.6 is 0 Å². The van der Waals surface area contributed by atoms with Crippen molar-refractivity contribution >= 4 is 28.9 Å². The van der Waals surface area contributed by atoms with E-state index in [1.54, 1.807) is 29.2 Å². The molecule has 2 amide bonds. The van der Waals surface area contributed by atoms with Gasteiger partial charge in [-0.2, -0.15) is 0 Å². The molecule has 2 fully saturated rings. The highest BCUT2D eigenvalue weighted by Crippen LogP contribution is 2.43. The molecule has 2 aromatic rings. The summed E-state index contributed by atoms with van der Waals surface area (Å²) in [5, 5.41) is 0. The van der Waals surface area contributed by atoms with E-state index < -0.39 is 23.4 Å². The molecule has 1 saturated heterocycles. The number of aromatic nitrogens is 1. The topological polar surface area (TPSA) is 125 Å². The molecular formula is C25H33N3O6. The monoisotopic (exact) mass is 471 g/mol. The number of nitrogens with zero attached hydrogens (tertiary/aromatic N) is 2. The molecule has 1 aliphatic carbocycles. The van der Waals surface area contributed by atoms with Crippen molar-refractivity contribution in [1.82, 2.24) is 9.88 Å². The van der Waals surface area contributed by atoms with Gasteiger partial charge in [-0.3, -0.25) is 9.59 Å². The molecule has 0 spiro atoms. The Morgan fingerprint density at radius 1 is 1.18 bits per heavy atom. The van der Waals surface area contributed by atoms with E-state index in [0.29, 0.717) is 43.8 Å². The first-order chi connectivity index (χ1) is 16.4. The van der Waals surface area contributed by atoms with Gasteiger partial charge in [-0.1, -0.05) is 51.2 Å². The standard InChI is InChI=1S/C25H33N3O6/c1-2-18(17-8-4-3-5-9-17)25(34-24(26)31,16-21(29)28-12-14-32-15-13-28)22(30)23-27-19-10-6-7-11-20(19)33-23/h6-7,10-11,17-18H,2-5,8-9,12-16H2,1H3,(H2,26,31)/t18?,25-/m0/s1. The lowest BCUT2D eigenvalue weighted by molar-refractivity contribution is -0.142. The number of oxazole rings is 1. The average molecular weight is 472 g/mol. The molecule has 1 saturated carbocycles. The van der Waals surface area contributed by atoms with Crippen LogP contribution in [0.3, 0.4) is 0 Å². The maximum absolute atomic E-state index is 14.1. The SMILES string of the molecule is CCC(C1CCCCC1)[C@](CC(=O)N1CCOCC1)(OC(N)=O)C(=O)c1nc2ccccc2o1. The van der Waals surface area contributed by atoms with Crippen LogP contribution in [0.4, 0.5) is 4.79 Å². The first-order valence-electron chi connectivity index (χ1n) is 12.2. The lowest BCUT2D eigenvalue weighted by Crippen LogP contribution is -2.56. The Balaban J connectivity index is 1.78. The summed E-state index contributed by atoms with van der Waals surface area (Å²) in [5.41, 5.74) is 4.71. The highest BCUT2D eigenvalue weighted by Gasteiger charge is 2.55. The molecule has 2 atom stereocenters. The van der Waals surface area contributed by atoms with Gasteiger partial charge in [0.25, 0.3) is 11.7 Å². The number of nitrogens with two attached hydrogens (primary N) is 1. The quantitative estimate of drug-likeness (QED) is 0.582. The highest BCUT2D eigenvalue weighted by atomic mass is 16.6. The van der Waals surface area contributed by atoms with Gasteiger partial charge in [-0.25, -0.2) is 9.78 Å². The molecule has 2 N–H and O–H groups in total. The third-order valence-electron chi connectivity index (χ3n) is 7.19. The zero-order valence-electron chi connectivity index (χ0n) is 19.7. The second-order valence-electron chi connectivity index (χ2n) is 9.21. The van der Waals surface area contributed by atoms with Gasteiger partial charge < -0.3 is 24.5 Å². The van der Waals surface area contributed by atoms with Crippen LogP contribution in [0.5, 0.6) is 0 Å². The molecule has 9 nitrogen and oxygen atoms in total. The number of carbonyl (C=O) groups excluding carboxylic acids is 3. The van der Waals surface area contributed by atoms with Crippen molar-refractivity contribution in [2.24, 2.45) is 17.6 Å². The minimum atomic E-state index is -1.79. The first-order valence-corrected chi connectivity index (χ1v) is 12.2. The Bertz CT molecular complexity index is 992. The number of ether oxygens (including phenoxy) is 2. The largest absolute Gasteiger partial charge is 0.434 e. The average Bonchev–Trinajstić information content (AvgIpc) is 3.29. The lowest BCUT2D eigenvalue weighted by Gasteiger charge is -2.43. The molecule has 9 heteroatoms. The van der Waals surface area contributed by atoms with Crippen molar-refractivity contribution < 1.29 is 28.3 Å². The summed E-state index contributed by atoms with van der Waals surface area (Å²) in [7, 11) is 0. The van der Waals surface area contributed by atoms with Crippen LogP contribution in [0.25, 0.3) is 11.1 Å². The van der Waals surface area contributed by atoms with Crippen LogP contribution in [-0.4, -0.2) is 59.6 Å². The predicted molar refractivity (Wildman–Crippen MR) is 124 cm³/mol. The fourth-order valence-electron chi connectivity index (χ4n) is 5.60. The van der Waals surface area contributed by atoms with Crippen LogP contribution in [0.1, 0.15) is 62.6 Å². The number of hydrogen-bond acceptors (Lipinski definition) is 7. The van der Waals surface area contributed by atoms with Crippen LogP contribution in [0, 0.1) is 11.8 Å². The molecule has 34 heavy (non-hydrogen) atoms. The number of primary amides is 1. The number of rotatable bonds is 8. The third kappa shape index (κ3) is 4.94. The third-order valence-corrected chi connectivity index (χ3v) is 7.19. The van der Waals surface area contributed by atoms with Gasteiger partial charge >= 0.3 is 6.09 Å². The Labute approximate surface area is 198 Å². The molecule has 0 bridgehead atoms. The molecular weight excluding hydrogens is 438 g/mol. The van der Waals surface area contributed by atoms with E-state index in [0.717, 1.165) is 32.1 Å². The second-order valence-corrected chi connectivity index (χ2v) is 9.21. The number of hydrogen-bond donors (Lipinski definition) is 1. The number of carbonyl (C=O) groups is 3. The number of benzene rings is 1. The van der Waals surface area contributed by atoms with Gasteiger partial charge in [0.15, 0.2) is 11.2 Å².